The van der Waals surface area contributed by atoms with Gasteiger partial charge in [-0.1, -0.05) is 18.2 Å². The Labute approximate surface area is 108 Å². The van der Waals surface area contributed by atoms with Crippen molar-refractivity contribution in [1.82, 2.24) is 4.98 Å². The predicted octanol–water partition coefficient (Wildman–Crippen LogP) is 2.76. The van der Waals surface area contributed by atoms with Crippen molar-refractivity contribution in [2.45, 2.75) is 19.9 Å². The number of rotatable bonds is 3. The maximum atomic E-state index is 6.26. The first kappa shape index (κ1) is 12.6. The van der Waals surface area contributed by atoms with Gasteiger partial charge in [-0.25, -0.2) is 0 Å². The van der Waals surface area contributed by atoms with E-state index in [1.165, 1.54) is 11.1 Å². The topological polar surface area (TPSA) is 48.1 Å². The number of aryl methyl sites for hydroxylation is 2. The third kappa shape index (κ3) is 2.51. The summed E-state index contributed by atoms with van der Waals surface area (Å²) in [6.07, 6.45) is 3.46. The molecular weight excluding hydrogens is 224 g/mol. The van der Waals surface area contributed by atoms with E-state index in [1.807, 2.05) is 6.07 Å². The van der Waals surface area contributed by atoms with Crippen LogP contribution in [-0.4, -0.2) is 12.1 Å². The molecule has 94 valence electrons. The summed E-state index contributed by atoms with van der Waals surface area (Å²) in [5.41, 5.74) is 10.8. The SMILES string of the molecule is COc1cncc(C(N)c2ccc(C)c(C)c2)c1. The molecule has 0 fully saturated rings. The van der Waals surface area contributed by atoms with Crippen LogP contribution in [0.15, 0.2) is 36.7 Å². The van der Waals surface area contributed by atoms with Gasteiger partial charge in [-0.05, 0) is 42.2 Å². The van der Waals surface area contributed by atoms with Crippen molar-refractivity contribution in [1.29, 1.82) is 0 Å². The van der Waals surface area contributed by atoms with Gasteiger partial charge in [0.25, 0.3) is 0 Å². The molecule has 2 rings (SSSR count). The van der Waals surface area contributed by atoms with Crippen LogP contribution in [-0.2, 0) is 0 Å². The number of benzene rings is 1. The highest BCUT2D eigenvalue weighted by Gasteiger charge is 2.10. The molecule has 0 amide bonds. The number of pyridine rings is 1. The van der Waals surface area contributed by atoms with Crippen molar-refractivity contribution in [3.05, 3.63) is 58.9 Å². The van der Waals surface area contributed by atoms with Crippen LogP contribution in [0.2, 0.25) is 0 Å². The normalized spacial score (nSPS) is 12.2. The van der Waals surface area contributed by atoms with Gasteiger partial charge in [-0.15, -0.1) is 0 Å². The van der Waals surface area contributed by atoms with E-state index in [-0.39, 0.29) is 6.04 Å². The minimum absolute atomic E-state index is 0.174. The van der Waals surface area contributed by atoms with E-state index in [0.717, 1.165) is 16.9 Å². The van der Waals surface area contributed by atoms with E-state index in [2.05, 4.69) is 37.0 Å². The Morgan fingerprint density at radius 1 is 1.06 bits per heavy atom. The molecule has 0 radical (unpaired) electrons. The molecule has 0 aliphatic heterocycles. The summed E-state index contributed by atoms with van der Waals surface area (Å²) >= 11 is 0. The van der Waals surface area contributed by atoms with Crippen LogP contribution in [0, 0.1) is 13.8 Å². The van der Waals surface area contributed by atoms with Crippen LogP contribution in [0.25, 0.3) is 0 Å². The molecule has 0 aliphatic carbocycles. The average molecular weight is 242 g/mol. The van der Waals surface area contributed by atoms with Gasteiger partial charge < -0.3 is 10.5 Å². The summed E-state index contributed by atoms with van der Waals surface area (Å²) in [5.74, 6) is 0.729. The van der Waals surface area contributed by atoms with Gasteiger partial charge in [0.1, 0.15) is 5.75 Å². The highest BCUT2D eigenvalue weighted by Crippen LogP contribution is 2.23. The Hall–Kier alpha value is -1.87. The Balaban J connectivity index is 2.34. The zero-order valence-corrected chi connectivity index (χ0v) is 11.0. The summed E-state index contributed by atoms with van der Waals surface area (Å²) in [5, 5.41) is 0. The zero-order chi connectivity index (χ0) is 13.1. The molecule has 1 unspecified atom stereocenters. The summed E-state index contributed by atoms with van der Waals surface area (Å²) in [6.45, 7) is 4.19. The third-order valence-corrected chi connectivity index (χ3v) is 3.22. The Morgan fingerprint density at radius 3 is 2.50 bits per heavy atom. The lowest BCUT2D eigenvalue weighted by Gasteiger charge is -2.14. The number of aromatic nitrogens is 1. The van der Waals surface area contributed by atoms with Crippen LogP contribution >= 0.6 is 0 Å². The Morgan fingerprint density at radius 2 is 1.83 bits per heavy atom. The molecule has 0 saturated heterocycles. The van der Waals surface area contributed by atoms with E-state index in [4.69, 9.17) is 10.5 Å². The lowest BCUT2D eigenvalue weighted by atomic mass is 9.97. The molecule has 2 N–H and O–H groups in total. The van der Waals surface area contributed by atoms with Gasteiger partial charge in [0.15, 0.2) is 0 Å². The van der Waals surface area contributed by atoms with Gasteiger partial charge in [0.2, 0.25) is 0 Å². The lowest BCUT2D eigenvalue weighted by molar-refractivity contribution is 0.412. The second-order valence-electron chi connectivity index (χ2n) is 4.48. The molecule has 3 heteroatoms. The third-order valence-electron chi connectivity index (χ3n) is 3.22. The second-order valence-corrected chi connectivity index (χ2v) is 4.48. The van der Waals surface area contributed by atoms with E-state index in [0.29, 0.717) is 0 Å². The largest absolute Gasteiger partial charge is 0.495 e. The standard InChI is InChI=1S/C15H18N2O/c1-10-4-5-12(6-11(10)2)15(16)13-7-14(18-3)9-17-8-13/h4-9,15H,16H2,1-3H3. The van der Waals surface area contributed by atoms with Gasteiger partial charge in [-0.3, -0.25) is 4.98 Å². The summed E-state index contributed by atoms with van der Waals surface area (Å²) in [7, 11) is 1.63. The molecule has 1 aromatic carbocycles. The van der Waals surface area contributed by atoms with Crippen molar-refractivity contribution in [2.75, 3.05) is 7.11 Å². The van der Waals surface area contributed by atoms with Crippen LogP contribution in [0.5, 0.6) is 5.75 Å². The molecule has 18 heavy (non-hydrogen) atoms. The lowest BCUT2D eigenvalue weighted by Crippen LogP contribution is -2.12. The molecule has 0 aliphatic rings. The molecule has 1 aromatic heterocycles. The Kier molecular flexibility index (Phi) is 3.63. The fraction of sp³-hybridized carbons (Fsp3) is 0.267. The number of hydrogen-bond acceptors (Lipinski definition) is 3. The van der Waals surface area contributed by atoms with Crippen molar-refractivity contribution < 1.29 is 4.74 Å². The maximum absolute atomic E-state index is 6.26. The minimum atomic E-state index is -0.174. The second kappa shape index (κ2) is 5.19. The summed E-state index contributed by atoms with van der Waals surface area (Å²) < 4.78 is 5.17. The zero-order valence-electron chi connectivity index (χ0n) is 11.0. The maximum Gasteiger partial charge on any atom is 0.137 e. The Bertz CT molecular complexity index is 552. The smallest absolute Gasteiger partial charge is 0.137 e. The molecule has 1 atom stereocenters. The minimum Gasteiger partial charge on any atom is -0.495 e. The number of nitrogens with zero attached hydrogens (tertiary/aromatic N) is 1. The van der Waals surface area contributed by atoms with Crippen molar-refractivity contribution in [2.24, 2.45) is 5.73 Å². The van der Waals surface area contributed by atoms with Crippen LogP contribution < -0.4 is 10.5 Å². The quantitative estimate of drug-likeness (QED) is 0.900. The first-order valence-electron chi connectivity index (χ1n) is 5.93. The number of ether oxygens (including phenoxy) is 1. The molecule has 3 nitrogen and oxygen atoms in total. The molecule has 2 aromatic rings. The van der Waals surface area contributed by atoms with Crippen molar-refractivity contribution in [3.8, 4) is 5.75 Å². The molecular formula is C15H18N2O. The molecule has 0 spiro atoms. The van der Waals surface area contributed by atoms with Gasteiger partial charge in [-0.2, -0.15) is 0 Å². The molecule has 0 saturated carbocycles. The fourth-order valence-electron chi connectivity index (χ4n) is 1.87. The van der Waals surface area contributed by atoms with Crippen molar-refractivity contribution in [3.63, 3.8) is 0 Å². The van der Waals surface area contributed by atoms with Crippen molar-refractivity contribution >= 4 is 0 Å². The van der Waals surface area contributed by atoms with Crippen LogP contribution in [0.3, 0.4) is 0 Å². The van der Waals surface area contributed by atoms with E-state index >= 15 is 0 Å². The average Bonchev–Trinajstić information content (AvgIpc) is 2.41. The molecule has 0 bridgehead atoms. The van der Waals surface area contributed by atoms with Gasteiger partial charge in [0, 0.05) is 6.20 Å². The molecule has 1 heterocycles. The first-order valence-corrected chi connectivity index (χ1v) is 5.93. The summed E-state index contributed by atoms with van der Waals surface area (Å²) in [4.78, 5) is 4.14. The fourth-order valence-corrected chi connectivity index (χ4v) is 1.87. The summed E-state index contributed by atoms with van der Waals surface area (Å²) in [6, 6.07) is 8.03. The number of nitrogens with two attached hydrogens (primary N) is 1. The van der Waals surface area contributed by atoms with Crippen LogP contribution in [0.1, 0.15) is 28.3 Å². The first-order chi connectivity index (χ1) is 8.61. The monoisotopic (exact) mass is 242 g/mol. The van der Waals surface area contributed by atoms with Gasteiger partial charge in [0.05, 0.1) is 19.3 Å². The highest BCUT2D eigenvalue weighted by atomic mass is 16.5. The highest BCUT2D eigenvalue weighted by molar-refractivity contribution is 5.37. The van der Waals surface area contributed by atoms with Gasteiger partial charge >= 0.3 is 0 Å². The van der Waals surface area contributed by atoms with Crippen LogP contribution in [0.4, 0.5) is 0 Å². The number of methoxy groups -OCH3 is 1. The predicted molar refractivity (Wildman–Crippen MR) is 72.7 cm³/mol. The van der Waals surface area contributed by atoms with E-state index in [9.17, 15) is 0 Å². The van der Waals surface area contributed by atoms with E-state index < -0.39 is 0 Å². The number of hydrogen-bond donors (Lipinski definition) is 1. The van der Waals surface area contributed by atoms with E-state index in [1.54, 1.807) is 19.5 Å².